The van der Waals surface area contributed by atoms with Crippen molar-refractivity contribution in [1.82, 2.24) is 10.6 Å². The lowest BCUT2D eigenvalue weighted by Gasteiger charge is -2.17. The van der Waals surface area contributed by atoms with Crippen molar-refractivity contribution in [3.8, 4) is 11.5 Å². The summed E-state index contributed by atoms with van der Waals surface area (Å²) in [7, 11) is 0. The second kappa shape index (κ2) is 13.7. The van der Waals surface area contributed by atoms with Crippen molar-refractivity contribution >= 4 is 18.3 Å². The van der Waals surface area contributed by atoms with Crippen LogP contribution in [0.2, 0.25) is 0 Å². The summed E-state index contributed by atoms with van der Waals surface area (Å²) in [5.74, 6) is -0.311. The number of carbonyl (C=O) groups is 1. The molecule has 1 amide bonds. The van der Waals surface area contributed by atoms with E-state index in [1.807, 2.05) is 6.92 Å². The third-order valence-corrected chi connectivity index (χ3v) is 4.19. The van der Waals surface area contributed by atoms with E-state index in [-0.39, 0.29) is 35.9 Å². The molecule has 6 nitrogen and oxygen atoms in total. The van der Waals surface area contributed by atoms with E-state index in [1.54, 1.807) is 6.07 Å². The van der Waals surface area contributed by atoms with E-state index < -0.39 is 6.10 Å². The van der Waals surface area contributed by atoms with Gasteiger partial charge in [-0.3, -0.25) is 4.79 Å². The first kappa shape index (κ1) is 24.5. The highest BCUT2D eigenvalue weighted by atomic mass is 35.5. The minimum absolute atomic E-state index is 0. The molecular formula is C19H33ClN2O4. The van der Waals surface area contributed by atoms with Crippen molar-refractivity contribution < 1.29 is 20.1 Å². The Hall–Kier alpha value is -1.50. The lowest BCUT2D eigenvalue weighted by atomic mass is 10.1. The molecule has 150 valence electrons. The molecule has 5 N–H and O–H groups in total. The first-order chi connectivity index (χ1) is 11.9. The van der Waals surface area contributed by atoms with E-state index in [0.717, 1.165) is 38.6 Å². The Labute approximate surface area is 162 Å². The number of halogens is 1. The Balaban J connectivity index is 0.00000625. The van der Waals surface area contributed by atoms with E-state index in [9.17, 15) is 20.1 Å². The number of benzene rings is 1. The summed E-state index contributed by atoms with van der Waals surface area (Å²) >= 11 is 0. The molecule has 7 heteroatoms. The Morgan fingerprint density at radius 2 is 1.88 bits per heavy atom. The van der Waals surface area contributed by atoms with Crippen LogP contribution in [0.4, 0.5) is 0 Å². The lowest BCUT2D eigenvalue weighted by Crippen LogP contribution is -2.30. The fraction of sp³-hybridized carbons (Fsp3) is 0.632. The maximum absolute atomic E-state index is 11.6. The Morgan fingerprint density at radius 3 is 2.54 bits per heavy atom. The molecule has 0 aliphatic carbocycles. The summed E-state index contributed by atoms with van der Waals surface area (Å²) in [6.45, 7) is 5.27. The fourth-order valence-electron chi connectivity index (χ4n) is 2.51. The summed E-state index contributed by atoms with van der Waals surface area (Å²) in [6.07, 6.45) is 4.65. The minimum Gasteiger partial charge on any atom is -0.504 e. The first-order valence-corrected chi connectivity index (χ1v) is 9.14. The standard InChI is InChI=1S/C19H32N2O4.ClH/c1-3-4-11-20-19(25)8-6-5-7-14(2)21-13-18(24)15-9-10-16(22)17(23)12-15;/h9-10,12,14,18,21-24H,3-8,11,13H2,1-2H3,(H,20,25);1H. The molecule has 0 aliphatic rings. The summed E-state index contributed by atoms with van der Waals surface area (Å²) in [6, 6.07) is 4.54. The Bertz CT molecular complexity index is 528. The molecule has 0 spiro atoms. The van der Waals surface area contributed by atoms with Crippen LogP contribution in [-0.4, -0.2) is 40.4 Å². The van der Waals surface area contributed by atoms with Gasteiger partial charge in [0.15, 0.2) is 11.5 Å². The molecule has 0 aromatic heterocycles. The van der Waals surface area contributed by atoms with E-state index >= 15 is 0 Å². The topological polar surface area (TPSA) is 102 Å². The average molecular weight is 389 g/mol. The lowest BCUT2D eigenvalue weighted by molar-refractivity contribution is -0.121. The van der Waals surface area contributed by atoms with Crippen molar-refractivity contribution in [2.24, 2.45) is 0 Å². The molecule has 1 aromatic rings. The third-order valence-electron chi connectivity index (χ3n) is 4.19. The highest BCUT2D eigenvalue weighted by Crippen LogP contribution is 2.27. The van der Waals surface area contributed by atoms with E-state index in [4.69, 9.17) is 0 Å². The zero-order valence-electron chi connectivity index (χ0n) is 15.7. The number of amides is 1. The predicted octanol–water partition coefficient (Wildman–Crippen LogP) is 3.01. The molecule has 0 heterocycles. The third kappa shape index (κ3) is 9.85. The predicted molar refractivity (Wildman–Crippen MR) is 106 cm³/mol. The van der Waals surface area contributed by atoms with Crippen molar-refractivity contribution in [2.45, 2.75) is 64.5 Å². The number of rotatable bonds is 12. The van der Waals surface area contributed by atoms with Crippen LogP contribution in [0.1, 0.15) is 64.0 Å². The molecule has 0 saturated carbocycles. The molecule has 0 saturated heterocycles. The van der Waals surface area contributed by atoms with Crippen LogP contribution < -0.4 is 10.6 Å². The van der Waals surface area contributed by atoms with Crippen molar-refractivity contribution in [2.75, 3.05) is 13.1 Å². The van der Waals surface area contributed by atoms with Crippen LogP contribution in [0.3, 0.4) is 0 Å². The van der Waals surface area contributed by atoms with Gasteiger partial charge < -0.3 is 26.0 Å². The molecule has 0 radical (unpaired) electrons. The molecular weight excluding hydrogens is 356 g/mol. The summed E-state index contributed by atoms with van der Waals surface area (Å²) in [4.78, 5) is 11.6. The first-order valence-electron chi connectivity index (χ1n) is 9.14. The quantitative estimate of drug-likeness (QED) is 0.280. The number of hydrogen-bond donors (Lipinski definition) is 5. The van der Waals surface area contributed by atoms with Crippen LogP contribution in [-0.2, 0) is 4.79 Å². The van der Waals surface area contributed by atoms with Crippen LogP contribution in [0.5, 0.6) is 11.5 Å². The maximum Gasteiger partial charge on any atom is 0.219 e. The number of hydrogen-bond acceptors (Lipinski definition) is 5. The normalized spacial score (nSPS) is 12.9. The second-order valence-electron chi connectivity index (χ2n) is 6.52. The van der Waals surface area contributed by atoms with Crippen LogP contribution in [0.15, 0.2) is 18.2 Å². The molecule has 0 aliphatic heterocycles. The van der Waals surface area contributed by atoms with Crippen LogP contribution in [0, 0.1) is 0 Å². The van der Waals surface area contributed by atoms with Crippen molar-refractivity contribution in [3.63, 3.8) is 0 Å². The van der Waals surface area contributed by atoms with Gasteiger partial charge in [0.2, 0.25) is 5.91 Å². The van der Waals surface area contributed by atoms with Gasteiger partial charge in [-0.1, -0.05) is 25.8 Å². The van der Waals surface area contributed by atoms with Crippen molar-refractivity contribution in [3.05, 3.63) is 23.8 Å². The van der Waals surface area contributed by atoms with Gasteiger partial charge in [0, 0.05) is 25.6 Å². The molecule has 26 heavy (non-hydrogen) atoms. The molecule has 0 fully saturated rings. The van der Waals surface area contributed by atoms with Gasteiger partial charge in [-0.2, -0.15) is 0 Å². The van der Waals surface area contributed by atoms with E-state index in [2.05, 4.69) is 17.6 Å². The monoisotopic (exact) mass is 388 g/mol. The van der Waals surface area contributed by atoms with Crippen LogP contribution in [0.25, 0.3) is 0 Å². The minimum atomic E-state index is -0.752. The molecule has 1 rings (SSSR count). The number of aliphatic hydroxyl groups excluding tert-OH is 1. The van der Waals surface area contributed by atoms with Gasteiger partial charge in [0.25, 0.3) is 0 Å². The zero-order chi connectivity index (χ0) is 18.7. The number of nitrogens with one attached hydrogen (secondary N) is 2. The molecule has 2 unspecified atom stereocenters. The Morgan fingerprint density at radius 1 is 1.15 bits per heavy atom. The van der Waals surface area contributed by atoms with E-state index in [1.165, 1.54) is 12.1 Å². The summed E-state index contributed by atoms with van der Waals surface area (Å²) in [5, 5.41) is 35.0. The van der Waals surface area contributed by atoms with Gasteiger partial charge in [-0.05, 0) is 43.9 Å². The number of aromatic hydroxyl groups is 2. The number of unbranched alkanes of at least 4 members (excludes halogenated alkanes) is 2. The smallest absolute Gasteiger partial charge is 0.219 e. The second-order valence-corrected chi connectivity index (χ2v) is 6.52. The SMILES string of the molecule is CCCCNC(=O)CCCCC(C)NCC(O)c1ccc(O)c(O)c1.Cl. The molecule has 0 bridgehead atoms. The van der Waals surface area contributed by atoms with Gasteiger partial charge in [0.05, 0.1) is 6.10 Å². The zero-order valence-corrected chi connectivity index (χ0v) is 16.5. The van der Waals surface area contributed by atoms with Crippen LogP contribution >= 0.6 is 12.4 Å². The van der Waals surface area contributed by atoms with Gasteiger partial charge in [-0.25, -0.2) is 0 Å². The van der Waals surface area contributed by atoms with Gasteiger partial charge in [-0.15, -0.1) is 12.4 Å². The van der Waals surface area contributed by atoms with Gasteiger partial charge >= 0.3 is 0 Å². The fourth-order valence-corrected chi connectivity index (χ4v) is 2.51. The number of carbonyl (C=O) groups excluding carboxylic acids is 1. The van der Waals surface area contributed by atoms with E-state index in [0.29, 0.717) is 18.5 Å². The summed E-state index contributed by atoms with van der Waals surface area (Å²) in [5.41, 5.74) is 0.554. The molecule has 2 atom stereocenters. The average Bonchev–Trinajstić information content (AvgIpc) is 2.59. The van der Waals surface area contributed by atoms with Crippen molar-refractivity contribution in [1.29, 1.82) is 0 Å². The maximum atomic E-state index is 11.6. The largest absolute Gasteiger partial charge is 0.504 e. The summed E-state index contributed by atoms with van der Waals surface area (Å²) < 4.78 is 0. The highest BCUT2D eigenvalue weighted by Gasteiger charge is 2.11. The molecule has 1 aromatic carbocycles. The number of phenolic OH excluding ortho intramolecular Hbond substituents is 2. The van der Waals surface area contributed by atoms with Gasteiger partial charge in [0.1, 0.15) is 0 Å². The highest BCUT2D eigenvalue weighted by molar-refractivity contribution is 5.85. The number of phenols is 2. The number of aliphatic hydroxyl groups is 1. The Kier molecular flexibility index (Phi) is 12.9.